The summed E-state index contributed by atoms with van der Waals surface area (Å²) in [6.45, 7) is 13.3. The normalized spacial score (nSPS) is 11.3. The molecule has 0 saturated carbocycles. The van der Waals surface area contributed by atoms with Gasteiger partial charge < -0.3 is 4.74 Å². The molecule has 0 aliphatic rings. The fourth-order valence-corrected chi connectivity index (χ4v) is 2.70. The molecule has 0 N–H and O–H groups in total. The second-order valence-electron chi connectivity index (χ2n) is 7.18. The van der Waals surface area contributed by atoms with Crippen molar-refractivity contribution in [2.75, 3.05) is 6.61 Å². The summed E-state index contributed by atoms with van der Waals surface area (Å²) in [5, 5.41) is 0. The summed E-state index contributed by atoms with van der Waals surface area (Å²) in [5.74, 6) is 0.943. The van der Waals surface area contributed by atoms with Crippen LogP contribution in [0.1, 0.15) is 81.3 Å². The quantitative estimate of drug-likeness (QED) is 0.306. The number of carbonyl (C=O) groups is 1. The number of aldehydes is 1. The van der Waals surface area contributed by atoms with E-state index in [-0.39, 0.29) is 5.41 Å². The highest BCUT2D eigenvalue weighted by Crippen LogP contribution is 2.35. The van der Waals surface area contributed by atoms with Crippen molar-refractivity contribution in [1.82, 2.24) is 0 Å². The van der Waals surface area contributed by atoms with Crippen LogP contribution in [-0.2, 0) is 11.8 Å². The van der Waals surface area contributed by atoms with Gasteiger partial charge in [-0.3, -0.25) is 4.79 Å². The summed E-state index contributed by atoms with van der Waals surface area (Å²) in [7, 11) is 0. The molecule has 1 aromatic carbocycles. The molecule has 0 aliphatic heterocycles. The highest BCUT2D eigenvalue weighted by Gasteiger charge is 2.22. The van der Waals surface area contributed by atoms with E-state index in [4.69, 9.17) is 4.74 Å². The van der Waals surface area contributed by atoms with Crippen molar-refractivity contribution in [2.24, 2.45) is 0 Å². The summed E-state index contributed by atoms with van der Waals surface area (Å²) in [5.41, 5.74) is 2.81. The van der Waals surface area contributed by atoms with Gasteiger partial charge in [0.05, 0.1) is 6.61 Å². The topological polar surface area (TPSA) is 26.3 Å². The van der Waals surface area contributed by atoms with Crippen LogP contribution in [0.25, 0.3) is 0 Å². The second kappa shape index (κ2) is 9.54. The van der Waals surface area contributed by atoms with Gasteiger partial charge in [0.15, 0.2) is 0 Å². The lowest BCUT2D eigenvalue weighted by Crippen LogP contribution is -2.16. The lowest BCUT2D eigenvalue weighted by atomic mass is 9.83. The monoisotopic (exact) mass is 316 g/mol. The van der Waals surface area contributed by atoms with Gasteiger partial charge in [-0.15, -0.1) is 6.58 Å². The van der Waals surface area contributed by atoms with Crippen LogP contribution in [0.3, 0.4) is 0 Å². The van der Waals surface area contributed by atoms with Gasteiger partial charge in [0.25, 0.3) is 0 Å². The Bertz CT molecular complexity index is 509. The van der Waals surface area contributed by atoms with E-state index in [0.29, 0.717) is 5.56 Å². The maximum Gasteiger partial charge on any atom is 0.150 e. The molecular weight excluding hydrogens is 284 g/mol. The zero-order valence-corrected chi connectivity index (χ0v) is 15.3. The van der Waals surface area contributed by atoms with E-state index in [1.54, 1.807) is 0 Å². The van der Waals surface area contributed by atoms with Crippen LogP contribution in [0.2, 0.25) is 0 Å². The minimum Gasteiger partial charge on any atom is -0.493 e. The first-order valence-corrected chi connectivity index (χ1v) is 8.80. The summed E-state index contributed by atoms with van der Waals surface area (Å²) in [6, 6.07) is 3.89. The molecule has 0 amide bonds. The van der Waals surface area contributed by atoms with Crippen molar-refractivity contribution in [3.63, 3.8) is 0 Å². The van der Waals surface area contributed by atoms with Gasteiger partial charge in [-0.1, -0.05) is 59.5 Å². The fourth-order valence-electron chi connectivity index (χ4n) is 2.70. The lowest BCUT2D eigenvalue weighted by molar-refractivity contribution is 0.112. The molecule has 0 radical (unpaired) electrons. The predicted molar refractivity (Wildman–Crippen MR) is 98.7 cm³/mol. The first-order chi connectivity index (χ1) is 10.9. The third-order valence-electron chi connectivity index (χ3n) is 3.99. The zero-order valence-electron chi connectivity index (χ0n) is 15.3. The Morgan fingerprint density at radius 1 is 1.13 bits per heavy atom. The van der Waals surface area contributed by atoms with E-state index in [2.05, 4.69) is 34.3 Å². The molecule has 0 heterocycles. The first kappa shape index (κ1) is 19.5. The molecule has 0 saturated heterocycles. The largest absolute Gasteiger partial charge is 0.493 e. The molecule has 0 atom stereocenters. The van der Waals surface area contributed by atoms with Crippen LogP contribution in [0.15, 0.2) is 24.8 Å². The highest BCUT2D eigenvalue weighted by molar-refractivity contribution is 5.77. The Balaban J connectivity index is 2.96. The predicted octanol–water partition coefficient (Wildman–Crippen LogP) is 5.87. The Kier molecular flexibility index (Phi) is 8.08. The number of hydrogen-bond acceptors (Lipinski definition) is 2. The number of unbranched alkanes of at least 4 members (excludes halogenated alkanes) is 4. The minimum atomic E-state index is -0.0630. The average Bonchev–Trinajstić information content (AvgIpc) is 2.50. The molecule has 0 aromatic heterocycles. The van der Waals surface area contributed by atoms with Crippen LogP contribution >= 0.6 is 0 Å². The molecule has 0 bridgehead atoms. The molecule has 2 heteroatoms. The molecule has 2 nitrogen and oxygen atoms in total. The average molecular weight is 316 g/mol. The SMILES string of the molecule is C=CCc1cc(C=O)cc(C(C)(C)C)c1OCCCCCCC. The van der Waals surface area contributed by atoms with Gasteiger partial charge >= 0.3 is 0 Å². The van der Waals surface area contributed by atoms with E-state index < -0.39 is 0 Å². The van der Waals surface area contributed by atoms with Crippen molar-refractivity contribution >= 4 is 6.29 Å². The van der Waals surface area contributed by atoms with Crippen LogP contribution < -0.4 is 4.74 Å². The van der Waals surface area contributed by atoms with E-state index in [1.807, 2.05) is 18.2 Å². The molecular formula is C21H32O2. The zero-order chi connectivity index (χ0) is 17.3. The maximum atomic E-state index is 11.2. The number of carbonyl (C=O) groups excluding carboxylic acids is 1. The van der Waals surface area contributed by atoms with Gasteiger partial charge in [0.2, 0.25) is 0 Å². The third kappa shape index (κ3) is 6.21. The highest BCUT2D eigenvalue weighted by atomic mass is 16.5. The molecule has 1 aromatic rings. The van der Waals surface area contributed by atoms with E-state index in [1.165, 1.54) is 25.7 Å². The van der Waals surface area contributed by atoms with E-state index >= 15 is 0 Å². The van der Waals surface area contributed by atoms with Gasteiger partial charge in [-0.2, -0.15) is 0 Å². The molecule has 0 spiro atoms. The third-order valence-corrected chi connectivity index (χ3v) is 3.99. The molecule has 1 rings (SSSR count). The van der Waals surface area contributed by atoms with Crippen molar-refractivity contribution < 1.29 is 9.53 Å². The summed E-state index contributed by atoms with van der Waals surface area (Å²) in [6.07, 6.45) is 9.61. The van der Waals surface area contributed by atoms with E-state index in [9.17, 15) is 4.79 Å². The molecule has 128 valence electrons. The Morgan fingerprint density at radius 3 is 2.39 bits per heavy atom. The summed E-state index contributed by atoms with van der Waals surface area (Å²) >= 11 is 0. The summed E-state index contributed by atoms with van der Waals surface area (Å²) in [4.78, 5) is 11.2. The Hall–Kier alpha value is -1.57. The number of allylic oxidation sites excluding steroid dienone is 1. The molecule has 23 heavy (non-hydrogen) atoms. The maximum absolute atomic E-state index is 11.2. The standard InChI is InChI=1S/C21H32O2/c1-6-8-9-10-11-13-23-20-18(12-7-2)14-17(16-22)15-19(20)21(3,4)5/h7,14-16H,2,6,8-13H2,1,3-5H3. The smallest absolute Gasteiger partial charge is 0.150 e. The van der Waals surface area contributed by atoms with Crippen LogP contribution in [-0.4, -0.2) is 12.9 Å². The number of ether oxygens (including phenoxy) is 1. The van der Waals surface area contributed by atoms with Gasteiger partial charge in [0, 0.05) is 11.1 Å². The molecule has 0 unspecified atom stereocenters. The molecule has 0 fully saturated rings. The van der Waals surface area contributed by atoms with Gasteiger partial charge in [-0.25, -0.2) is 0 Å². The number of hydrogen-bond donors (Lipinski definition) is 0. The van der Waals surface area contributed by atoms with Crippen molar-refractivity contribution in [3.05, 3.63) is 41.5 Å². The minimum absolute atomic E-state index is 0.0630. The number of benzene rings is 1. The van der Waals surface area contributed by atoms with Gasteiger partial charge in [-0.05, 0) is 36.0 Å². The second-order valence-corrected chi connectivity index (χ2v) is 7.18. The number of rotatable bonds is 10. The van der Waals surface area contributed by atoms with Crippen LogP contribution in [0, 0.1) is 0 Å². The first-order valence-electron chi connectivity index (χ1n) is 8.80. The molecule has 0 aliphatic carbocycles. The fraction of sp³-hybridized carbons (Fsp3) is 0.571. The van der Waals surface area contributed by atoms with Gasteiger partial charge in [0.1, 0.15) is 12.0 Å². The van der Waals surface area contributed by atoms with Crippen LogP contribution in [0.5, 0.6) is 5.75 Å². The Morgan fingerprint density at radius 2 is 1.83 bits per heavy atom. The Labute approximate surface area is 141 Å². The lowest BCUT2D eigenvalue weighted by Gasteiger charge is -2.25. The van der Waals surface area contributed by atoms with Crippen molar-refractivity contribution in [3.8, 4) is 5.75 Å². The van der Waals surface area contributed by atoms with Crippen LogP contribution in [0.4, 0.5) is 0 Å². The van der Waals surface area contributed by atoms with E-state index in [0.717, 1.165) is 42.6 Å². The van der Waals surface area contributed by atoms with Crippen molar-refractivity contribution in [1.29, 1.82) is 0 Å². The summed E-state index contributed by atoms with van der Waals surface area (Å²) < 4.78 is 6.16. The van der Waals surface area contributed by atoms with Crippen molar-refractivity contribution in [2.45, 2.75) is 71.6 Å².